The minimum absolute atomic E-state index is 0.364. The lowest BCUT2D eigenvalue weighted by Gasteiger charge is -2.14. The number of aliphatic hydroxyl groups is 1. The minimum Gasteiger partial charge on any atom is -0.388 e. The maximum absolute atomic E-state index is 9.89. The van der Waals surface area contributed by atoms with Gasteiger partial charge in [-0.1, -0.05) is 37.3 Å². The molecule has 84 valence electrons. The Morgan fingerprint density at radius 2 is 2.00 bits per heavy atom. The molecule has 2 unspecified atom stereocenters. The Morgan fingerprint density at radius 3 is 2.60 bits per heavy atom. The van der Waals surface area contributed by atoms with Gasteiger partial charge in [-0.25, -0.2) is 0 Å². The average molecular weight is 225 g/mol. The lowest BCUT2D eigenvalue weighted by Crippen LogP contribution is -2.10. The number of benzene rings is 1. The second kappa shape index (κ2) is 6.88. The molecule has 2 atom stereocenters. The predicted molar refractivity (Wildman–Crippen MR) is 67.0 cm³/mol. The fourth-order valence-corrected chi connectivity index (χ4v) is 2.35. The molecule has 0 bridgehead atoms. The van der Waals surface area contributed by atoms with Crippen LogP contribution in [0, 0.1) is 0 Å². The number of aliphatic hydroxyl groups excluding tert-OH is 1. The lowest BCUT2D eigenvalue weighted by atomic mass is 10.1. The van der Waals surface area contributed by atoms with E-state index in [-0.39, 0.29) is 6.10 Å². The van der Waals surface area contributed by atoms with E-state index in [0.717, 1.165) is 24.3 Å². The largest absolute Gasteiger partial charge is 0.388 e. The van der Waals surface area contributed by atoms with Crippen molar-refractivity contribution in [2.45, 2.75) is 24.7 Å². The fraction of sp³-hybridized carbons (Fsp3) is 0.500. The third-order valence-corrected chi connectivity index (χ3v) is 3.61. The first-order valence-corrected chi connectivity index (χ1v) is 6.33. The van der Waals surface area contributed by atoms with Gasteiger partial charge in [-0.2, -0.15) is 11.8 Å². The van der Waals surface area contributed by atoms with E-state index in [1.54, 1.807) is 11.8 Å². The van der Waals surface area contributed by atoms with Gasteiger partial charge in [-0.3, -0.25) is 0 Å². The first-order chi connectivity index (χ1) is 7.24. The Bertz CT molecular complexity index is 266. The van der Waals surface area contributed by atoms with Gasteiger partial charge in [0.1, 0.15) is 0 Å². The smallest absolute Gasteiger partial charge is 0.0880 e. The Morgan fingerprint density at radius 1 is 1.33 bits per heavy atom. The molecule has 0 saturated heterocycles. The van der Waals surface area contributed by atoms with Crippen LogP contribution in [0.2, 0.25) is 0 Å². The van der Waals surface area contributed by atoms with Gasteiger partial charge in [-0.05, 0) is 18.5 Å². The lowest BCUT2D eigenvalue weighted by molar-refractivity contribution is 0.204. The van der Waals surface area contributed by atoms with E-state index in [4.69, 9.17) is 5.73 Å². The molecule has 3 N–H and O–H groups in total. The van der Waals surface area contributed by atoms with Gasteiger partial charge in [0.25, 0.3) is 0 Å². The summed E-state index contributed by atoms with van der Waals surface area (Å²) in [4.78, 5) is 0. The number of hydrogen-bond acceptors (Lipinski definition) is 3. The number of nitrogens with two attached hydrogens (primary N) is 1. The molecule has 0 amide bonds. The third-order valence-electron chi connectivity index (χ3n) is 2.30. The number of thioether (sulfide) groups is 1. The molecule has 1 rings (SSSR count). The van der Waals surface area contributed by atoms with Crippen molar-refractivity contribution in [3.8, 4) is 0 Å². The average Bonchev–Trinajstić information content (AvgIpc) is 2.27. The van der Waals surface area contributed by atoms with Gasteiger partial charge in [0.15, 0.2) is 0 Å². The number of rotatable bonds is 6. The highest BCUT2D eigenvalue weighted by Gasteiger charge is 2.09. The van der Waals surface area contributed by atoms with Crippen molar-refractivity contribution in [3.05, 3.63) is 35.9 Å². The molecule has 0 fully saturated rings. The Hall–Kier alpha value is -0.510. The number of hydrogen-bond donors (Lipinski definition) is 2. The monoisotopic (exact) mass is 225 g/mol. The molecule has 3 heteroatoms. The van der Waals surface area contributed by atoms with E-state index in [9.17, 15) is 5.11 Å². The van der Waals surface area contributed by atoms with Crippen molar-refractivity contribution in [1.29, 1.82) is 0 Å². The van der Waals surface area contributed by atoms with Gasteiger partial charge in [0.2, 0.25) is 0 Å². The van der Waals surface area contributed by atoms with Crippen LogP contribution in [0.1, 0.15) is 25.0 Å². The zero-order valence-electron chi connectivity index (χ0n) is 9.10. The summed E-state index contributed by atoms with van der Waals surface area (Å²) >= 11 is 1.77. The van der Waals surface area contributed by atoms with Crippen molar-refractivity contribution in [3.63, 3.8) is 0 Å². The van der Waals surface area contributed by atoms with Crippen LogP contribution in [0.5, 0.6) is 0 Å². The van der Waals surface area contributed by atoms with Gasteiger partial charge in [0.05, 0.1) is 6.10 Å². The van der Waals surface area contributed by atoms with Gasteiger partial charge >= 0.3 is 0 Å². The minimum atomic E-state index is -0.364. The predicted octanol–water partition coefficient (Wildman–Crippen LogP) is 2.19. The quantitative estimate of drug-likeness (QED) is 0.780. The van der Waals surface area contributed by atoms with E-state index < -0.39 is 0 Å². The zero-order chi connectivity index (χ0) is 11.1. The van der Waals surface area contributed by atoms with Gasteiger partial charge in [-0.15, -0.1) is 0 Å². The highest BCUT2D eigenvalue weighted by molar-refractivity contribution is 7.99. The van der Waals surface area contributed by atoms with Crippen molar-refractivity contribution >= 4 is 11.8 Å². The zero-order valence-corrected chi connectivity index (χ0v) is 9.91. The molecule has 0 spiro atoms. The van der Waals surface area contributed by atoms with E-state index >= 15 is 0 Å². The van der Waals surface area contributed by atoms with E-state index in [2.05, 4.69) is 6.92 Å². The highest BCUT2D eigenvalue weighted by Crippen LogP contribution is 2.22. The molecule has 15 heavy (non-hydrogen) atoms. The summed E-state index contributed by atoms with van der Waals surface area (Å²) in [6, 6.07) is 9.77. The van der Waals surface area contributed by atoms with Gasteiger partial charge in [0, 0.05) is 11.0 Å². The molecule has 0 heterocycles. The van der Waals surface area contributed by atoms with Crippen LogP contribution in [0.3, 0.4) is 0 Å². The van der Waals surface area contributed by atoms with Crippen LogP contribution < -0.4 is 5.73 Å². The molecule has 2 nitrogen and oxygen atoms in total. The van der Waals surface area contributed by atoms with Crippen molar-refractivity contribution in [2.75, 3.05) is 12.3 Å². The molecule has 0 aromatic heterocycles. The van der Waals surface area contributed by atoms with E-state index in [1.165, 1.54) is 0 Å². The highest BCUT2D eigenvalue weighted by atomic mass is 32.2. The normalized spacial score (nSPS) is 14.9. The first-order valence-electron chi connectivity index (χ1n) is 5.28. The van der Waals surface area contributed by atoms with E-state index in [1.807, 2.05) is 30.3 Å². The molecule has 1 aromatic carbocycles. The maximum atomic E-state index is 9.89. The molecule has 0 aliphatic carbocycles. The third kappa shape index (κ3) is 4.69. The van der Waals surface area contributed by atoms with Crippen LogP contribution in [0.25, 0.3) is 0 Å². The first kappa shape index (κ1) is 12.6. The molecular formula is C12H19NOS. The summed E-state index contributed by atoms with van der Waals surface area (Å²) in [5.41, 5.74) is 6.46. The Labute approximate surface area is 95.9 Å². The topological polar surface area (TPSA) is 46.2 Å². The molecule has 0 radical (unpaired) electrons. The van der Waals surface area contributed by atoms with Crippen molar-refractivity contribution in [2.24, 2.45) is 5.73 Å². The summed E-state index contributed by atoms with van der Waals surface area (Å²) in [7, 11) is 0. The van der Waals surface area contributed by atoms with Crippen LogP contribution in [0.15, 0.2) is 30.3 Å². The Kier molecular flexibility index (Phi) is 5.76. The molecule has 1 aromatic rings. The Balaban J connectivity index is 2.33. The molecular weight excluding hydrogens is 206 g/mol. The van der Waals surface area contributed by atoms with Crippen LogP contribution >= 0.6 is 11.8 Å². The second-order valence-electron chi connectivity index (χ2n) is 3.65. The summed E-state index contributed by atoms with van der Waals surface area (Å²) in [6.45, 7) is 2.87. The second-order valence-corrected chi connectivity index (χ2v) is 5.12. The molecule has 0 saturated carbocycles. The summed E-state index contributed by atoms with van der Waals surface area (Å²) < 4.78 is 0. The fourth-order valence-electron chi connectivity index (χ4n) is 1.34. The summed E-state index contributed by atoms with van der Waals surface area (Å²) in [6.07, 6.45) is 0.642. The summed E-state index contributed by atoms with van der Waals surface area (Å²) in [5, 5.41) is 10.4. The SMILES string of the molecule is CC(CCN)SCC(O)c1ccccc1. The summed E-state index contributed by atoms with van der Waals surface area (Å²) in [5.74, 6) is 0.741. The van der Waals surface area contributed by atoms with Crippen molar-refractivity contribution in [1.82, 2.24) is 0 Å². The van der Waals surface area contributed by atoms with Crippen LogP contribution in [0.4, 0.5) is 0 Å². The molecule has 0 aliphatic heterocycles. The molecule has 0 aliphatic rings. The van der Waals surface area contributed by atoms with Crippen molar-refractivity contribution < 1.29 is 5.11 Å². The van der Waals surface area contributed by atoms with E-state index in [0.29, 0.717) is 5.25 Å². The van der Waals surface area contributed by atoms with Crippen LogP contribution in [-0.2, 0) is 0 Å². The van der Waals surface area contributed by atoms with Gasteiger partial charge < -0.3 is 10.8 Å². The maximum Gasteiger partial charge on any atom is 0.0880 e. The standard InChI is InChI=1S/C12H19NOS/c1-10(7-8-13)15-9-12(14)11-5-3-2-4-6-11/h2-6,10,12,14H,7-9,13H2,1H3. The van der Waals surface area contributed by atoms with Crippen LogP contribution in [-0.4, -0.2) is 22.7 Å².